The SMILES string of the molecule is C#CC(O[SiH2]C(C)(C)C)(c1ccccc1)c1ccccc1. The fourth-order valence-electron chi connectivity index (χ4n) is 2.21. The molecule has 0 N–H and O–H groups in total. The molecule has 0 spiro atoms. The molecular weight excluding hydrogens is 272 g/mol. The molecule has 2 rings (SSSR count). The standard InChI is InChI=1S/C19H22OSi/c1-5-19(20-21-18(2,3)4,16-12-8-6-9-13-16)17-14-10-7-11-15-17/h1,6-15H,21H2,2-4H3. The van der Waals surface area contributed by atoms with Crippen LogP contribution in [0.5, 0.6) is 0 Å². The van der Waals surface area contributed by atoms with Gasteiger partial charge in [0.15, 0.2) is 15.4 Å². The Kier molecular flexibility index (Phi) is 4.67. The molecule has 0 fully saturated rings. The van der Waals surface area contributed by atoms with Gasteiger partial charge in [-0.15, -0.1) is 6.42 Å². The zero-order valence-corrected chi connectivity index (χ0v) is 14.4. The number of rotatable bonds is 4. The minimum Gasteiger partial charge on any atom is -0.401 e. The summed E-state index contributed by atoms with van der Waals surface area (Å²) in [4.78, 5) is 0. The first-order chi connectivity index (χ1) is 9.98. The van der Waals surface area contributed by atoms with Crippen molar-refractivity contribution < 1.29 is 4.43 Å². The summed E-state index contributed by atoms with van der Waals surface area (Å²) in [5.41, 5.74) is 1.27. The first kappa shape index (κ1) is 15.6. The summed E-state index contributed by atoms with van der Waals surface area (Å²) in [7, 11) is -0.796. The third-order valence-corrected chi connectivity index (χ3v) is 4.73. The smallest absolute Gasteiger partial charge is 0.169 e. The molecule has 0 bridgehead atoms. The number of hydrogen-bond donors (Lipinski definition) is 0. The first-order valence-electron chi connectivity index (χ1n) is 7.21. The van der Waals surface area contributed by atoms with Crippen molar-refractivity contribution in [3.63, 3.8) is 0 Å². The Morgan fingerprint density at radius 2 is 1.29 bits per heavy atom. The van der Waals surface area contributed by atoms with Gasteiger partial charge in [0.2, 0.25) is 0 Å². The second kappa shape index (κ2) is 6.30. The fraction of sp³-hybridized carbons (Fsp3) is 0.263. The fourth-order valence-corrected chi connectivity index (χ4v) is 3.28. The molecule has 2 aromatic rings. The third-order valence-electron chi connectivity index (χ3n) is 3.29. The van der Waals surface area contributed by atoms with Crippen LogP contribution in [0.1, 0.15) is 31.9 Å². The van der Waals surface area contributed by atoms with E-state index in [1.807, 2.05) is 60.7 Å². The molecule has 0 radical (unpaired) electrons. The van der Waals surface area contributed by atoms with E-state index in [-0.39, 0.29) is 5.04 Å². The van der Waals surface area contributed by atoms with Crippen molar-refractivity contribution in [2.75, 3.05) is 0 Å². The highest BCUT2D eigenvalue weighted by Crippen LogP contribution is 2.35. The Morgan fingerprint density at radius 1 is 0.857 bits per heavy atom. The van der Waals surface area contributed by atoms with E-state index in [0.717, 1.165) is 11.1 Å². The Morgan fingerprint density at radius 3 is 1.62 bits per heavy atom. The largest absolute Gasteiger partial charge is 0.401 e. The van der Waals surface area contributed by atoms with Crippen LogP contribution in [0.15, 0.2) is 60.7 Å². The molecule has 0 aliphatic rings. The lowest BCUT2D eigenvalue weighted by Crippen LogP contribution is -2.33. The molecule has 0 aliphatic carbocycles. The van der Waals surface area contributed by atoms with E-state index in [0.29, 0.717) is 0 Å². The molecule has 0 heterocycles. The van der Waals surface area contributed by atoms with Crippen molar-refractivity contribution in [2.45, 2.75) is 31.4 Å². The predicted octanol–water partition coefficient (Wildman–Crippen LogP) is 3.88. The van der Waals surface area contributed by atoms with E-state index >= 15 is 0 Å². The summed E-state index contributed by atoms with van der Waals surface area (Å²) < 4.78 is 6.42. The van der Waals surface area contributed by atoms with Gasteiger partial charge in [-0.25, -0.2) is 0 Å². The van der Waals surface area contributed by atoms with Gasteiger partial charge in [0.05, 0.1) is 0 Å². The molecule has 0 aliphatic heterocycles. The summed E-state index contributed by atoms with van der Waals surface area (Å²) >= 11 is 0. The highest BCUT2D eigenvalue weighted by molar-refractivity contribution is 6.32. The van der Waals surface area contributed by atoms with Crippen molar-refractivity contribution in [3.8, 4) is 12.3 Å². The normalized spacial score (nSPS) is 12.5. The van der Waals surface area contributed by atoms with Crippen molar-refractivity contribution in [3.05, 3.63) is 71.8 Å². The van der Waals surface area contributed by atoms with Crippen LogP contribution in [-0.4, -0.2) is 9.76 Å². The Labute approximate surface area is 130 Å². The lowest BCUT2D eigenvalue weighted by molar-refractivity contribution is 0.176. The second-order valence-electron chi connectivity index (χ2n) is 6.41. The van der Waals surface area contributed by atoms with Crippen LogP contribution >= 0.6 is 0 Å². The Bertz CT molecular complexity index is 566. The highest BCUT2D eigenvalue weighted by atomic mass is 28.2. The topological polar surface area (TPSA) is 9.23 Å². The maximum absolute atomic E-state index is 6.42. The van der Waals surface area contributed by atoms with Crippen LogP contribution in [0.3, 0.4) is 0 Å². The van der Waals surface area contributed by atoms with Gasteiger partial charge in [0.25, 0.3) is 0 Å². The van der Waals surface area contributed by atoms with E-state index in [1.54, 1.807) is 0 Å². The van der Waals surface area contributed by atoms with Crippen molar-refractivity contribution in [2.24, 2.45) is 0 Å². The van der Waals surface area contributed by atoms with Crippen LogP contribution in [-0.2, 0) is 10.0 Å². The summed E-state index contributed by atoms with van der Waals surface area (Å²) in [6, 6.07) is 20.2. The van der Waals surface area contributed by atoms with Crippen molar-refractivity contribution in [1.29, 1.82) is 0 Å². The second-order valence-corrected chi connectivity index (χ2v) is 9.11. The van der Waals surface area contributed by atoms with E-state index in [4.69, 9.17) is 10.8 Å². The average Bonchev–Trinajstić information content (AvgIpc) is 2.49. The predicted molar refractivity (Wildman–Crippen MR) is 91.8 cm³/mol. The van der Waals surface area contributed by atoms with Crippen LogP contribution in [0, 0.1) is 12.3 Å². The molecule has 0 saturated carbocycles. The maximum atomic E-state index is 6.42. The lowest BCUT2D eigenvalue weighted by atomic mass is 9.87. The van der Waals surface area contributed by atoms with Gasteiger partial charge in [0, 0.05) is 0 Å². The maximum Gasteiger partial charge on any atom is 0.169 e. The number of terminal acetylenes is 1. The quantitative estimate of drug-likeness (QED) is 0.614. The van der Waals surface area contributed by atoms with Gasteiger partial charge >= 0.3 is 0 Å². The molecule has 2 aromatic carbocycles. The number of benzene rings is 2. The van der Waals surface area contributed by atoms with Gasteiger partial charge in [-0.3, -0.25) is 0 Å². The summed E-state index contributed by atoms with van der Waals surface area (Å²) in [5, 5.41) is 0.186. The van der Waals surface area contributed by atoms with Crippen LogP contribution < -0.4 is 0 Å². The van der Waals surface area contributed by atoms with Crippen LogP contribution in [0.25, 0.3) is 0 Å². The van der Waals surface area contributed by atoms with Gasteiger partial charge in [-0.05, 0) is 16.2 Å². The minimum absolute atomic E-state index is 0.186. The van der Waals surface area contributed by atoms with Crippen molar-refractivity contribution >= 4 is 9.76 Å². The van der Waals surface area contributed by atoms with Crippen LogP contribution in [0.2, 0.25) is 5.04 Å². The first-order valence-corrected chi connectivity index (χ1v) is 8.49. The van der Waals surface area contributed by atoms with E-state index < -0.39 is 15.4 Å². The van der Waals surface area contributed by atoms with Gasteiger partial charge in [-0.1, -0.05) is 87.4 Å². The zero-order valence-electron chi connectivity index (χ0n) is 13.0. The average molecular weight is 294 g/mol. The van der Waals surface area contributed by atoms with Gasteiger partial charge in [-0.2, -0.15) is 0 Å². The molecule has 1 nitrogen and oxygen atoms in total. The molecule has 0 aromatic heterocycles. The Hall–Kier alpha value is -1.82. The Balaban J connectivity index is 2.50. The lowest BCUT2D eigenvalue weighted by Gasteiger charge is -2.33. The number of hydrogen-bond acceptors (Lipinski definition) is 1. The molecule has 0 saturated heterocycles. The van der Waals surface area contributed by atoms with Crippen molar-refractivity contribution in [1.82, 2.24) is 0 Å². The third kappa shape index (κ3) is 3.63. The van der Waals surface area contributed by atoms with E-state index in [1.165, 1.54) is 0 Å². The van der Waals surface area contributed by atoms with Gasteiger partial charge in [0.1, 0.15) is 0 Å². The molecule has 0 unspecified atom stereocenters. The summed E-state index contributed by atoms with van der Waals surface area (Å²) in [6.07, 6.45) is 5.95. The monoisotopic (exact) mass is 294 g/mol. The van der Waals surface area contributed by atoms with Crippen LogP contribution in [0.4, 0.5) is 0 Å². The molecule has 2 heteroatoms. The molecular formula is C19H22OSi. The molecule has 0 amide bonds. The highest BCUT2D eigenvalue weighted by Gasteiger charge is 2.34. The van der Waals surface area contributed by atoms with Gasteiger partial charge < -0.3 is 4.43 Å². The molecule has 0 atom stereocenters. The summed E-state index contributed by atoms with van der Waals surface area (Å²) in [5.74, 6) is 2.93. The van der Waals surface area contributed by atoms with E-state index in [2.05, 4.69) is 26.7 Å². The van der Waals surface area contributed by atoms with E-state index in [9.17, 15) is 0 Å². The zero-order chi connectivity index (χ0) is 15.3. The molecule has 108 valence electrons. The summed E-state index contributed by atoms with van der Waals surface area (Å²) in [6.45, 7) is 6.61. The molecule has 21 heavy (non-hydrogen) atoms. The minimum atomic E-state index is -0.796.